The van der Waals surface area contributed by atoms with E-state index in [4.69, 9.17) is 16.3 Å². The summed E-state index contributed by atoms with van der Waals surface area (Å²) >= 11 is 5.94. The lowest BCUT2D eigenvalue weighted by Crippen LogP contribution is -2.25. The van der Waals surface area contributed by atoms with E-state index in [9.17, 15) is 13.6 Å². The van der Waals surface area contributed by atoms with Crippen molar-refractivity contribution in [3.63, 3.8) is 0 Å². The van der Waals surface area contributed by atoms with Crippen molar-refractivity contribution in [2.24, 2.45) is 7.05 Å². The fourth-order valence-corrected chi connectivity index (χ4v) is 2.48. The van der Waals surface area contributed by atoms with Crippen molar-refractivity contribution in [1.82, 2.24) is 20.1 Å². The van der Waals surface area contributed by atoms with Crippen LogP contribution in [0.3, 0.4) is 0 Å². The second kappa shape index (κ2) is 7.49. The number of hydrogen-bond acceptors (Lipinski definition) is 4. The molecule has 0 saturated heterocycles. The molecule has 134 valence electrons. The summed E-state index contributed by atoms with van der Waals surface area (Å²) in [6, 6.07) is 6.51. The van der Waals surface area contributed by atoms with Gasteiger partial charge in [0, 0.05) is 31.4 Å². The summed E-state index contributed by atoms with van der Waals surface area (Å²) in [4.78, 5) is 16.3. The number of ether oxygens (including phenoxy) is 1. The third kappa shape index (κ3) is 3.80. The Hall–Kier alpha value is -3.00. The lowest BCUT2D eigenvalue weighted by Gasteiger charge is -2.11. The molecule has 0 aliphatic heterocycles. The summed E-state index contributed by atoms with van der Waals surface area (Å²) in [5.74, 6) is -2.17. The van der Waals surface area contributed by atoms with Gasteiger partial charge in [0.15, 0.2) is 11.6 Å². The van der Waals surface area contributed by atoms with Crippen LogP contribution in [-0.4, -0.2) is 20.7 Å². The maximum Gasteiger partial charge on any atom is 0.271 e. The molecule has 0 bridgehead atoms. The maximum atomic E-state index is 13.3. The van der Waals surface area contributed by atoms with E-state index in [2.05, 4.69) is 15.4 Å². The van der Waals surface area contributed by atoms with Gasteiger partial charge >= 0.3 is 0 Å². The molecule has 0 spiro atoms. The first-order valence-corrected chi connectivity index (χ1v) is 7.86. The van der Waals surface area contributed by atoms with E-state index in [0.717, 1.165) is 12.1 Å². The highest BCUT2D eigenvalue weighted by atomic mass is 35.5. The number of benzene rings is 1. The normalized spacial score (nSPS) is 10.6. The van der Waals surface area contributed by atoms with Crippen molar-refractivity contribution in [2.75, 3.05) is 0 Å². The van der Waals surface area contributed by atoms with Gasteiger partial charge in [-0.25, -0.2) is 13.8 Å². The number of aryl methyl sites for hydroxylation is 1. The summed E-state index contributed by atoms with van der Waals surface area (Å²) in [5, 5.41) is 6.82. The Morgan fingerprint density at radius 1 is 1.31 bits per heavy atom. The van der Waals surface area contributed by atoms with Gasteiger partial charge in [0.2, 0.25) is 5.88 Å². The number of amides is 1. The first-order chi connectivity index (χ1) is 12.5. The zero-order chi connectivity index (χ0) is 18.7. The number of pyridine rings is 1. The number of carbonyl (C=O) groups excluding carboxylic acids is 1. The van der Waals surface area contributed by atoms with Crippen LogP contribution in [0.2, 0.25) is 5.02 Å². The minimum atomic E-state index is -1.03. The Labute approximate surface area is 152 Å². The van der Waals surface area contributed by atoms with Gasteiger partial charge < -0.3 is 10.1 Å². The highest BCUT2D eigenvalue weighted by Crippen LogP contribution is 2.24. The van der Waals surface area contributed by atoms with Crippen LogP contribution in [0.1, 0.15) is 16.1 Å². The largest absolute Gasteiger partial charge is 0.439 e. The molecule has 2 aromatic heterocycles. The summed E-state index contributed by atoms with van der Waals surface area (Å²) < 4.78 is 33.2. The van der Waals surface area contributed by atoms with E-state index in [1.165, 1.54) is 23.1 Å². The molecule has 0 atom stereocenters. The Kier molecular flexibility index (Phi) is 5.13. The summed E-state index contributed by atoms with van der Waals surface area (Å²) in [7, 11) is 1.60. The smallest absolute Gasteiger partial charge is 0.271 e. The zero-order valence-electron chi connectivity index (χ0n) is 13.5. The van der Waals surface area contributed by atoms with E-state index in [0.29, 0.717) is 5.56 Å². The van der Waals surface area contributed by atoms with E-state index in [1.54, 1.807) is 19.2 Å². The number of carbonyl (C=O) groups is 1. The number of hydrogen-bond donors (Lipinski definition) is 1. The molecule has 6 nitrogen and oxygen atoms in total. The van der Waals surface area contributed by atoms with Gasteiger partial charge in [-0.3, -0.25) is 9.48 Å². The molecule has 1 amide bonds. The molecule has 0 radical (unpaired) electrons. The molecule has 1 N–H and O–H groups in total. The van der Waals surface area contributed by atoms with Crippen LogP contribution in [0, 0.1) is 11.6 Å². The standard InChI is InChI=1S/C17H13ClF2N4O2/c1-24-15(12(18)9-23-24)16(25)22-8-10-3-2-6-21-17(10)26-11-4-5-13(19)14(20)7-11/h2-7,9H,8H2,1H3,(H,22,25). The highest BCUT2D eigenvalue weighted by Gasteiger charge is 2.16. The van der Waals surface area contributed by atoms with Gasteiger partial charge in [-0.05, 0) is 18.2 Å². The van der Waals surface area contributed by atoms with Crippen LogP contribution in [0.15, 0.2) is 42.7 Å². The van der Waals surface area contributed by atoms with Gasteiger partial charge in [0.1, 0.15) is 11.4 Å². The molecule has 26 heavy (non-hydrogen) atoms. The summed E-state index contributed by atoms with van der Waals surface area (Å²) in [6.07, 6.45) is 2.86. The van der Waals surface area contributed by atoms with Crippen LogP contribution in [-0.2, 0) is 13.6 Å². The van der Waals surface area contributed by atoms with E-state index < -0.39 is 17.5 Å². The van der Waals surface area contributed by atoms with Crippen molar-refractivity contribution in [3.8, 4) is 11.6 Å². The lowest BCUT2D eigenvalue weighted by atomic mass is 10.2. The van der Waals surface area contributed by atoms with Crippen molar-refractivity contribution in [3.05, 3.63) is 70.6 Å². The molecule has 2 heterocycles. The van der Waals surface area contributed by atoms with Crippen LogP contribution >= 0.6 is 11.6 Å². The molecular formula is C17H13ClF2N4O2. The summed E-state index contributed by atoms with van der Waals surface area (Å²) in [5.41, 5.74) is 0.766. The minimum Gasteiger partial charge on any atom is -0.439 e. The van der Waals surface area contributed by atoms with Gasteiger partial charge in [-0.1, -0.05) is 17.7 Å². The predicted molar refractivity (Wildman–Crippen MR) is 90.1 cm³/mol. The highest BCUT2D eigenvalue weighted by molar-refractivity contribution is 6.33. The molecule has 3 aromatic rings. The van der Waals surface area contributed by atoms with Crippen LogP contribution in [0.4, 0.5) is 8.78 Å². The number of nitrogens with zero attached hydrogens (tertiary/aromatic N) is 3. The SMILES string of the molecule is Cn1ncc(Cl)c1C(=O)NCc1cccnc1Oc1ccc(F)c(F)c1. The molecule has 3 rings (SSSR count). The van der Waals surface area contributed by atoms with Crippen molar-refractivity contribution >= 4 is 17.5 Å². The molecule has 0 unspecified atom stereocenters. The average molecular weight is 379 g/mol. The second-order valence-electron chi connectivity index (χ2n) is 5.29. The van der Waals surface area contributed by atoms with E-state index in [-0.39, 0.29) is 28.9 Å². The van der Waals surface area contributed by atoms with Crippen molar-refractivity contribution < 1.29 is 18.3 Å². The first kappa shape index (κ1) is 17.8. The zero-order valence-corrected chi connectivity index (χ0v) is 14.3. The van der Waals surface area contributed by atoms with Crippen LogP contribution in [0.5, 0.6) is 11.6 Å². The molecule has 0 aliphatic carbocycles. The quantitative estimate of drug-likeness (QED) is 0.738. The fourth-order valence-electron chi connectivity index (χ4n) is 2.23. The molecule has 9 heteroatoms. The number of halogens is 3. The van der Waals surface area contributed by atoms with Crippen LogP contribution < -0.4 is 10.1 Å². The van der Waals surface area contributed by atoms with E-state index in [1.807, 2.05) is 0 Å². The number of nitrogens with one attached hydrogen (secondary N) is 1. The number of rotatable bonds is 5. The van der Waals surface area contributed by atoms with Crippen molar-refractivity contribution in [1.29, 1.82) is 0 Å². The molecule has 0 fully saturated rings. The Morgan fingerprint density at radius 2 is 2.12 bits per heavy atom. The van der Waals surface area contributed by atoms with Crippen LogP contribution in [0.25, 0.3) is 0 Å². The van der Waals surface area contributed by atoms with Gasteiger partial charge in [0.25, 0.3) is 5.91 Å². The number of aromatic nitrogens is 3. The summed E-state index contributed by atoms with van der Waals surface area (Å²) in [6.45, 7) is 0.0905. The monoisotopic (exact) mass is 378 g/mol. The van der Waals surface area contributed by atoms with Gasteiger partial charge in [-0.2, -0.15) is 5.10 Å². The molecule has 0 aliphatic rings. The Balaban J connectivity index is 1.75. The van der Waals surface area contributed by atoms with E-state index >= 15 is 0 Å². The maximum absolute atomic E-state index is 13.3. The topological polar surface area (TPSA) is 69.0 Å². The third-order valence-corrected chi connectivity index (χ3v) is 3.78. The molecule has 0 saturated carbocycles. The predicted octanol–water partition coefficient (Wildman–Crippen LogP) is 3.47. The fraction of sp³-hybridized carbons (Fsp3) is 0.118. The molecule has 1 aromatic carbocycles. The average Bonchev–Trinajstić information content (AvgIpc) is 2.96. The minimum absolute atomic E-state index is 0.0878. The third-order valence-electron chi connectivity index (χ3n) is 3.50. The Bertz CT molecular complexity index is 942. The molecular weight excluding hydrogens is 366 g/mol. The van der Waals surface area contributed by atoms with Gasteiger partial charge in [-0.15, -0.1) is 0 Å². The second-order valence-corrected chi connectivity index (χ2v) is 5.70. The van der Waals surface area contributed by atoms with Crippen molar-refractivity contribution in [2.45, 2.75) is 6.54 Å². The lowest BCUT2D eigenvalue weighted by molar-refractivity contribution is 0.0941. The first-order valence-electron chi connectivity index (χ1n) is 7.48. The Morgan fingerprint density at radius 3 is 2.81 bits per heavy atom. The van der Waals surface area contributed by atoms with Gasteiger partial charge in [0.05, 0.1) is 11.2 Å².